The van der Waals surface area contributed by atoms with Gasteiger partial charge in [-0.3, -0.25) is 9.59 Å². The van der Waals surface area contributed by atoms with Gasteiger partial charge in [0.25, 0.3) is 5.91 Å². The summed E-state index contributed by atoms with van der Waals surface area (Å²) in [6.45, 7) is 7.13. The molecule has 1 fully saturated rings. The first kappa shape index (κ1) is 22.1. The number of pyridine rings is 1. The van der Waals surface area contributed by atoms with Crippen LogP contribution in [0.5, 0.6) is 0 Å². The Morgan fingerprint density at radius 3 is 2.53 bits per heavy atom. The van der Waals surface area contributed by atoms with Crippen LogP contribution in [0.15, 0.2) is 42.6 Å². The third-order valence-electron chi connectivity index (χ3n) is 4.95. The molecule has 0 saturated carbocycles. The second-order valence-corrected chi connectivity index (χ2v) is 7.98. The molecule has 7 nitrogen and oxygen atoms in total. The van der Waals surface area contributed by atoms with Crippen LogP contribution in [0.4, 0.5) is 5.82 Å². The summed E-state index contributed by atoms with van der Waals surface area (Å²) in [5.74, 6) is 0.278. The second-order valence-electron chi connectivity index (χ2n) is 7.54. The number of amides is 2. The fourth-order valence-corrected chi connectivity index (χ4v) is 3.32. The van der Waals surface area contributed by atoms with E-state index in [1.165, 1.54) is 0 Å². The van der Waals surface area contributed by atoms with E-state index in [1.807, 2.05) is 26.0 Å². The summed E-state index contributed by atoms with van der Waals surface area (Å²) in [6, 6.07) is 9.78. The number of nitrogens with zero attached hydrogens (tertiary/aromatic N) is 2. The molecule has 1 unspecified atom stereocenters. The number of carbonyl (C=O) groups is 2. The third-order valence-corrected chi connectivity index (χ3v) is 5.21. The molecular formula is C22H27ClN4O3. The average Bonchev–Trinajstić information content (AvgIpc) is 2.76. The van der Waals surface area contributed by atoms with Crippen molar-refractivity contribution in [2.24, 2.45) is 5.92 Å². The number of anilines is 1. The molecule has 1 aromatic carbocycles. The molecule has 0 spiro atoms. The van der Waals surface area contributed by atoms with Crippen LogP contribution in [0.3, 0.4) is 0 Å². The fraction of sp³-hybridized carbons (Fsp3) is 0.409. The van der Waals surface area contributed by atoms with Gasteiger partial charge in [0.15, 0.2) is 0 Å². The Bertz CT molecular complexity index is 867. The van der Waals surface area contributed by atoms with E-state index in [4.69, 9.17) is 16.3 Å². The molecule has 2 N–H and O–H groups in total. The highest BCUT2D eigenvalue weighted by Crippen LogP contribution is 2.15. The van der Waals surface area contributed by atoms with Crippen LogP contribution in [0, 0.1) is 5.92 Å². The molecule has 0 bridgehead atoms. The third kappa shape index (κ3) is 5.93. The Morgan fingerprint density at radius 1 is 1.17 bits per heavy atom. The van der Waals surface area contributed by atoms with Crippen LogP contribution >= 0.6 is 11.6 Å². The summed E-state index contributed by atoms with van der Waals surface area (Å²) >= 11 is 5.87. The van der Waals surface area contributed by atoms with E-state index >= 15 is 0 Å². The predicted molar refractivity (Wildman–Crippen MR) is 117 cm³/mol. The largest absolute Gasteiger partial charge is 0.378 e. The number of ether oxygens (including phenoxy) is 1. The van der Waals surface area contributed by atoms with Gasteiger partial charge in [-0.25, -0.2) is 4.98 Å². The maximum atomic E-state index is 12.8. The number of aromatic nitrogens is 1. The van der Waals surface area contributed by atoms with Crippen LogP contribution in [-0.2, 0) is 16.1 Å². The topological polar surface area (TPSA) is 83.6 Å². The van der Waals surface area contributed by atoms with Crippen molar-refractivity contribution in [2.45, 2.75) is 26.4 Å². The Kier molecular flexibility index (Phi) is 7.65. The van der Waals surface area contributed by atoms with Crippen molar-refractivity contribution in [3.63, 3.8) is 0 Å². The molecule has 2 heterocycles. The first-order valence-electron chi connectivity index (χ1n) is 10.1. The number of hydrogen-bond donors (Lipinski definition) is 2. The summed E-state index contributed by atoms with van der Waals surface area (Å²) in [7, 11) is 0. The lowest BCUT2D eigenvalue weighted by Crippen LogP contribution is -2.49. The summed E-state index contributed by atoms with van der Waals surface area (Å²) in [6.07, 6.45) is 1.74. The number of halogens is 1. The normalized spacial score (nSPS) is 15.0. The molecule has 2 amide bonds. The number of hydrogen-bond acceptors (Lipinski definition) is 5. The molecule has 1 aliphatic heterocycles. The molecule has 1 aliphatic rings. The van der Waals surface area contributed by atoms with Crippen molar-refractivity contribution in [2.75, 3.05) is 31.2 Å². The van der Waals surface area contributed by atoms with Crippen LogP contribution in [0.1, 0.15) is 29.8 Å². The number of morpholine rings is 1. The van der Waals surface area contributed by atoms with E-state index in [2.05, 4.69) is 20.5 Å². The molecule has 1 aromatic heterocycles. The van der Waals surface area contributed by atoms with Crippen molar-refractivity contribution < 1.29 is 14.3 Å². The monoisotopic (exact) mass is 430 g/mol. The van der Waals surface area contributed by atoms with E-state index in [1.54, 1.807) is 30.5 Å². The van der Waals surface area contributed by atoms with Gasteiger partial charge in [0, 0.05) is 36.4 Å². The van der Waals surface area contributed by atoms with E-state index in [9.17, 15) is 9.59 Å². The van der Waals surface area contributed by atoms with E-state index in [0.717, 1.165) is 24.5 Å². The first-order valence-corrected chi connectivity index (χ1v) is 10.4. The van der Waals surface area contributed by atoms with Crippen LogP contribution in [0.2, 0.25) is 5.02 Å². The minimum Gasteiger partial charge on any atom is -0.378 e. The minimum absolute atomic E-state index is 0.0670. The molecule has 0 aliphatic carbocycles. The molecule has 8 heteroatoms. The Balaban J connectivity index is 1.60. The Hall–Kier alpha value is -2.64. The smallest absolute Gasteiger partial charge is 0.251 e. The van der Waals surface area contributed by atoms with Gasteiger partial charge in [-0.05, 0) is 47.9 Å². The summed E-state index contributed by atoms with van der Waals surface area (Å²) in [5.41, 5.74) is 1.41. The highest BCUT2D eigenvalue weighted by molar-refractivity contribution is 6.30. The van der Waals surface area contributed by atoms with E-state index in [0.29, 0.717) is 30.3 Å². The predicted octanol–water partition coefficient (Wildman–Crippen LogP) is 2.64. The van der Waals surface area contributed by atoms with Gasteiger partial charge in [-0.1, -0.05) is 25.4 Å². The quantitative estimate of drug-likeness (QED) is 0.705. The van der Waals surface area contributed by atoms with Crippen molar-refractivity contribution in [1.82, 2.24) is 15.6 Å². The van der Waals surface area contributed by atoms with Crippen molar-refractivity contribution in [3.8, 4) is 0 Å². The molecule has 1 atom stereocenters. The van der Waals surface area contributed by atoms with Crippen molar-refractivity contribution >= 4 is 29.2 Å². The van der Waals surface area contributed by atoms with Gasteiger partial charge < -0.3 is 20.3 Å². The van der Waals surface area contributed by atoms with Crippen LogP contribution in [0.25, 0.3) is 0 Å². The molecule has 160 valence electrons. The molecule has 0 radical (unpaired) electrons. The van der Waals surface area contributed by atoms with Gasteiger partial charge in [0.05, 0.1) is 13.2 Å². The highest BCUT2D eigenvalue weighted by Gasteiger charge is 2.24. The van der Waals surface area contributed by atoms with Gasteiger partial charge in [-0.2, -0.15) is 0 Å². The molecule has 2 aromatic rings. The lowest BCUT2D eigenvalue weighted by molar-refractivity contribution is -0.124. The van der Waals surface area contributed by atoms with Crippen LogP contribution < -0.4 is 15.5 Å². The number of carbonyl (C=O) groups excluding carboxylic acids is 2. The van der Waals surface area contributed by atoms with Crippen molar-refractivity contribution in [1.29, 1.82) is 0 Å². The maximum Gasteiger partial charge on any atom is 0.251 e. The van der Waals surface area contributed by atoms with Gasteiger partial charge in [-0.15, -0.1) is 0 Å². The summed E-state index contributed by atoms with van der Waals surface area (Å²) in [5, 5.41) is 6.31. The number of benzene rings is 1. The first-order chi connectivity index (χ1) is 14.4. The molecule has 30 heavy (non-hydrogen) atoms. The average molecular weight is 431 g/mol. The summed E-state index contributed by atoms with van der Waals surface area (Å²) in [4.78, 5) is 31.9. The fourth-order valence-electron chi connectivity index (χ4n) is 3.20. The highest BCUT2D eigenvalue weighted by atomic mass is 35.5. The lowest BCUT2D eigenvalue weighted by atomic mass is 10.0. The Morgan fingerprint density at radius 2 is 1.87 bits per heavy atom. The standard InChI is InChI=1S/C22H27ClN4O3/c1-15(2)20(26-21(28)17-3-5-18(23)6-4-17)22(29)25-14-16-7-8-24-19(13-16)27-9-11-30-12-10-27/h3-8,13,15,20H,9-12,14H2,1-2H3,(H,25,29)(H,26,28). The molecular weight excluding hydrogens is 404 g/mol. The second kappa shape index (κ2) is 10.4. The maximum absolute atomic E-state index is 12.8. The number of rotatable bonds is 7. The SMILES string of the molecule is CC(C)C(NC(=O)c1ccc(Cl)cc1)C(=O)NCc1ccnc(N2CCOCC2)c1. The van der Waals surface area contributed by atoms with Gasteiger partial charge in [0.1, 0.15) is 11.9 Å². The molecule has 3 rings (SSSR count). The number of nitrogens with one attached hydrogen (secondary N) is 2. The molecule has 1 saturated heterocycles. The zero-order valence-electron chi connectivity index (χ0n) is 17.2. The van der Waals surface area contributed by atoms with Crippen molar-refractivity contribution in [3.05, 3.63) is 58.7 Å². The Labute approximate surface area is 181 Å². The summed E-state index contributed by atoms with van der Waals surface area (Å²) < 4.78 is 5.38. The minimum atomic E-state index is -0.645. The van der Waals surface area contributed by atoms with E-state index in [-0.39, 0.29) is 17.7 Å². The zero-order valence-corrected chi connectivity index (χ0v) is 18.0. The van der Waals surface area contributed by atoms with Gasteiger partial charge in [0.2, 0.25) is 5.91 Å². The van der Waals surface area contributed by atoms with E-state index < -0.39 is 6.04 Å². The lowest BCUT2D eigenvalue weighted by Gasteiger charge is -2.28. The van der Waals surface area contributed by atoms with Crippen LogP contribution in [-0.4, -0.2) is 49.1 Å². The zero-order chi connectivity index (χ0) is 21.5. The van der Waals surface area contributed by atoms with Gasteiger partial charge >= 0.3 is 0 Å².